The van der Waals surface area contributed by atoms with Gasteiger partial charge in [0.25, 0.3) is 0 Å². The second kappa shape index (κ2) is 4.85. The molecular weight excluding hydrogens is 202 g/mol. The van der Waals surface area contributed by atoms with Crippen molar-refractivity contribution in [2.75, 3.05) is 26.9 Å². The molecule has 0 aliphatic carbocycles. The molecule has 1 unspecified atom stereocenters. The zero-order valence-electron chi connectivity index (χ0n) is 9.74. The number of hydrogen-bond donors (Lipinski definition) is 1. The zero-order chi connectivity index (χ0) is 11.4. The van der Waals surface area contributed by atoms with Gasteiger partial charge in [0.15, 0.2) is 0 Å². The quantitative estimate of drug-likeness (QED) is 0.845. The van der Waals surface area contributed by atoms with Gasteiger partial charge in [-0.1, -0.05) is 12.1 Å². The lowest BCUT2D eigenvalue weighted by atomic mass is 9.76. The van der Waals surface area contributed by atoms with Crippen LogP contribution in [0.25, 0.3) is 0 Å². The van der Waals surface area contributed by atoms with Gasteiger partial charge in [0.05, 0.1) is 13.7 Å². The maximum Gasteiger partial charge on any atom is 0.118 e. The van der Waals surface area contributed by atoms with Crippen molar-refractivity contribution in [3.05, 3.63) is 29.8 Å². The fraction of sp³-hybridized carbons (Fsp3) is 0.538. The van der Waals surface area contributed by atoms with E-state index < -0.39 is 0 Å². The van der Waals surface area contributed by atoms with Gasteiger partial charge in [-0.2, -0.15) is 0 Å². The molecule has 1 aliphatic rings. The molecule has 0 amide bonds. The van der Waals surface area contributed by atoms with Crippen LogP contribution in [0.15, 0.2) is 24.3 Å². The molecular formula is C13H19NO2. The van der Waals surface area contributed by atoms with Gasteiger partial charge in [0.2, 0.25) is 0 Å². The highest BCUT2D eigenvalue weighted by Gasteiger charge is 2.33. The normalized spacial score (nSPS) is 25.4. The minimum atomic E-state index is 0.00449. The highest BCUT2D eigenvalue weighted by molar-refractivity contribution is 5.33. The molecule has 0 radical (unpaired) electrons. The molecule has 1 atom stereocenters. The fourth-order valence-electron chi connectivity index (χ4n) is 2.30. The lowest BCUT2D eigenvalue weighted by Gasteiger charge is -2.36. The largest absolute Gasteiger partial charge is 0.497 e. The molecule has 0 aromatic heterocycles. The van der Waals surface area contributed by atoms with Gasteiger partial charge in [-0.3, -0.25) is 0 Å². The molecule has 1 saturated heterocycles. The maximum atomic E-state index is 5.93. The third-order valence-corrected chi connectivity index (χ3v) is 3.42. The van der Waals surface area contributed by atoms with Crippen LogP contribution in [-0.4, -0.2) is 26.9 Å². The molecule has 1 fully saturated rings. The van der Waals surface area contributed by atoms with Crippen LogP contribution in [0, 0.1) is 0 Å². The third kappa shape index (κ3) is 2.06. The number of hydrogen-bond acceptors (Lipinski definition) is 3. The Balaban J connectivity index is 2.24. The van der Waals surface area contributed by atoms with Gasteiger partial charge in [-0.05, 0) is 30.5 Å². The Hall–Kier alpha value is -1.06. The van der Waals surface area contributed by atoms with Crippen LogP contribution in [0.1, 0.15) is 18.4 Å². The van der Waals surface area contributed by atoms with E-state index in [2.05, 4.69) is 12.1 Å². The lowest BCUT2D eigenvalue weighted by Crippen LogP contribution is -2.42. The molecule has 0 saturated carbocycles. The highest BCUT2D eigenvalue weighted by Crippen LogP contribution is 2.32. The minimum Gasteiger partial charge on any atom is -0.497 e. The van der Waals surface area contributed by atoms with Crippen LogP contribution in [0.5, 0.6) is 5.75 Å². The van der Waals surface area contributed by atoms with E-state index in [1.54, 1.807) is 7.11 Å². The van der Waals surface area contributed by atoms with Crippen LogP contribution in [0.2, 0.25) is 0 Å². The number of benzene rings is 1. The number of rotatable bonds is 3. The van der Waals surface area contributed by atoms with Crippen molar-refractivity contribution >= 4 is 0 Å². The van der Waals surface area contributed by atoms with Crippen LogP contribution < -0.4 is 10.5 Å². The number of methoxy groups -OCH3 is 1. The van der Waals surface area contributed by atoms with Crippen molar-refractivity contribution in [3.8, 4) is 5.75 Å². The first-order valence-corrected chi connectivity index (χ1v) is 5.73. The van der Waals surface area contributed by atoms with E-state index in [1.807, 2.05) is 12.1 Å². The Morgan fingerprint density at radius 2 is 2.12 bits per heavy atom. The summed E-state index contributed by atoms with van der Waals surface area (Å²) in [6.45, 7) is 2.23. The van der Waals surface area contributed by atoms with Crippen LogP contribution >= 0.6 is 0 Å². The second-order valence-electron chi connectivity index (χ2n) is 4.37. The second-order valence-corrected chi connectivity index (χ2v) is 4.37. The Bertz CT molecular complexity index is 328. The maximum absolute atomic E-state index is 5.93. The smallest absolute Gasteiger partial charge is 0.118 e. The van der Waals surface area contributed by atoms with Gasteiger partial charge in [-0.25, -0.2) is 0 Å². The van der Waals surface area contributed by atoms with E-state index in [4.69, 9.17) is 15.2 Å². The number of nitrogens with two attached hydrogens (primary N) is 1. The van der Waals surface area contributed by atoms with Crippen molar-refractivity contribution in [1.82, 2.24) is 0 Å². The van der Waals surface area contributed by atoms with Gasteiger partial charge < -0.3 is 15.2 Å². The molecule has 1 aromatic carbocycles. The van der Waals surface area contributed by atoms with Crippen LogP contribution in [0.3, 0.4) is 0 Å². The molecule has 1 heterocycles. The fourth-order valence-corrected chi connectivity index (χ4v) is 2.30. The van der Waals surface area contributed by atoms with Crippen molar-refractivity contribution in [2.45, 2.75) is 18.3 Å². The van der Waals surface area contributed by atoms with E-state index in [0.717, 1.165) is 31.8 Å². The first kappa shape index (κ1) is 11.4. The SMILES string of the molecule is COc1ccc(C2(CN)CCCOC2)cc1. The molecule has 1 aliphatic heterocycles. The summed E-state index contributed by atoms with van der Waals surface area (Å²) in [5, 5.41) is 0. The average molecular weight is 221 g/mol. The summed E-state index contributed by atoms with van der Waals surface area (Å²) in [6, 6.07) is 8.17. The Morgan fingerprint density at radius 3 is 2.62 bits per heavy atom. The van der Waals surface area contributed by atoms with Crippen LogP contribution in [0.4, 0.5) is 0 Å². The average Bonchev–Trinajstić information content (AvgIpc) is 2.39. The predicted molar refractivity (Wildman–Crippen MR) is 63.8 cm³/mol. The molecule has 1 aromatic rings. The van der Waals surface area contributed by atoms with Gasteiger partial charge in [0.1, 0.15) is 5.75 Å². The number of ether oxygens (including phenoxy) is 2. The van der Waals surface area contributed by atoms with Gasteiger partial charge in [0, 0.05) is 18.6 Å². The molecule has 0 bridgehead atoms. The molecule has 0 spiro atoms. The summed E-state index contributed by atoms with van der Waals surface area (Å²) in [7, 11) is 1.68. The zero-order valence-corrected chi connectivity index (χ0v) is 9.74. The summed E-state index contributed by atoms with van der Waals surface area (Å²) >= 11 is 0. The molecule has 2 N–H and O–H groups in total. The molecule has 88 valence electrons. The van der Waals surface area contributed by atoms with Gasteiger partial charge >= 0.3 is 0 Å². The van der Waals surface area contributed by atoms with Crippen LogP contribution in [-0.2, 0) is 10.2 Å². The minimum absolute atomic E-state index is 0.00449. The Morgan fingerprint density at radius 1 is 1.38 bits per heavy atom. The summed E-state index contributed by atoms with van der Waals surface area (Å²) in [6.07, 6.45) is 2.19. The summed E-state index contributed by atoms with van der Waals surface area (Å²) < 4.78 is 10.7. The summed E-state index contributed by atoms with van der Waals surface area (Å²) in [5.74, 6) is 0.882. The van der Waals surface area contributed by atoms with E-state index in [1.165, 1.54) is 5.56 Å². The highest BCUT2D eigenvalue weighted by atomic mass is 16.5. The van der Waals surface area contributed by atoms with E-state index in [-0.39, 0.29) is 5.41 Å². The summed E-state index contributed by atoms with van der Waals surface area (Å²) in [4.78, 5) is 0. The third-order valence-electron chi connectivity index (χ3n) is 3.42. The van der Waals surface area contributed by atoms with E-state index in [0.29, 0.717) is 6.54 Å². The topological polar surface area (TPSA) is 44.5 Å². The van der Waals surface area contributed by atoms with Crippen molar-refractivity contribution in [1.29, 1.82) is 0 Å². The van der Waals surface area contributed by atoms with Gasteiger partial charge in [-0.15, -0.1) is 0 Å². The Labute approximate surface area is 96.5 Å². The van der Waals surface area contributed by atoms with Crippen molar-refractivity contribution in [3.63, 3.8) is 0 Å². The van der Waals surface area contributed by atoms with E-state index in [9.17, 15) is 0 Å². The first-order valence-electron chi connectivity index (χ1n) is 5.73. The van der Waals surface area contributed by atoms with Crippen molar-refractivity contribution < 1.29 is 9.47 Å². The molecule has 16 heavy (non-hydrogen) atoms. The molecule has 3 heteroatoms. The molecule has 3 nitrogen and oxygen atoms in total. The summed E-state index contributed by atoms with van der Waals surface area (Å²) in [5.41, 5.74) is 7.19. The first-order chi connectivity index (χ1) is 7.80. The molecule has 2 rings (SSSR count). The standard InChI is InChI=1S/C13H19NO2/c1-15-12-5-3-11(4-6-12)13(9-14)7-2-8-16-10-13/h3-6H,2,7-10,14H2,1H3. The van der Waals surface area contributed by atoms with E-state index >= 15 is 0 Å². The predicted octanol–water partition coefficient (Wildman–Crippen LogP) is 1.70. The Kier molecular flexibility index (Phi) is 3.46. The monoisotopic (exact) mass is 221 g/mol. The van der Waals surface area contributed by atoms with Crippen molar-refractivity contribution in [2.24, 2.45) is 5.73 Å². The lowest BCUT2D eigenvalue weighted by molar-refractivity contribution is 0.0377.